The minimum Gasteiger partial charge on any atom is -0.367 e. The van der Waals surface area contributed by atoms with E-state index in [2.05, 4.69) is 25.8 Å². The maximum atomic E-state index is 15.2. The number of rotatable bonds is 7. The zero-order chi connectivity index (χ0) is 26.4. The molecular formula is C25H23F4N5O4. The number of hydrogen-bond acceptors (Lipinski definition) is 8. The summed E-state index contributed by atoms with van der Waals surface area (Å²) in [4.78, 5) is 21.5. The minimum atomic E-state index is -3.23. The Labute approximate surface area is 214 Å². The van der Waals surface area contributed by atoms with Gasteiger partial charge in [0.1, 0.15) is 41.2 Å². The van der Waals surface area contributed by atoms with Crippen molar-refractivity contribution < 1.29 is 36.5 Å². The Morgan fingerprint density at radius 1 is 1.13 bits per heavy atom. The van der Waals surface area contributed by atoms with Crippen LogP contribution in [0.25, 0.3) is 11.3 Å². The van der Waals surface area contributed by atoms with Crippen LogP contribution >= 0.6 is 0 Å². The van der Waals surface area contributed by atoms with Gasteiger partial charge in [-0.1, -0.05) is 17.3 Å². The van der Waals surface area contributed by atoms with Crippen LogP contribution in [0.5, 0.6) is 0 Å². The number of anilines is 1. The summed E-state index contributed by atoms with van der Waals surface area (Å²) in [7, 11) is 0. The molecule has 3 aromatic rings. The Bertz CT molecular complexity index is 1330. The molecule has 2 atom stereocenters. The van der Waals surface area contributed by atoms with Gasteiger partial charge < -0.3 is 19.0 Å². The summed E-state index contributed by atoms with van der Waals surface area (Å²) < 4.78 is 70.4. The Morgan fingerprint density at radius 3 is 2.55 bits per heavy atom. The largest absolute Gasteiger partial charge is 0.427 e. The number of nitrogens with zero attached hydrogens (tertiary/aromatic N) is 3. The number of hydrogen-bond donors (Lipinski definition) is 2. The Kier molecular flexibility index (Phi) is 6.19. The monoisotopic (exact) mass is 533 g/mol. The molecule has 9 nitrogen and oxygen atoms in total. The van der Waals surface area contributed by atoms with Crippen LogP contribution in [-0.2, 0) is 16.2 Å². The SMILES string of the molecule is O=C1NC(c2ccc(N3CCC(OCc4c(-c5c(F)cccc5F)noc4C4CC4)C(F)(F)C3)nc2)NO1. The second-order valence-electron chi connectivity index (χ2n) is 9.55. The highest BCUT2D eigenvalue weighted by Gasteiger charge is 2.46. The molecule has 1 aromatic carbocycles. The number of hydroxylamine groups is 1. The van der Waals surface area contributed by atoms with Crippen molar-refractivity contribution in [3.05, 3.63) is 65.1 Å². The van der Waals surface area contributed by atoms with E-state index in [-0.39, 0.29) is 36.7 Å². The standard InChI is InChI=1S/C25H23F4N5O4/c26-16-2-1-3-17(27)20(16)21-15(22(37-32-21)13-4-5-13)11-36-18-8-9-34(12-25(18,28)29)19-7-6-14(10-30-19)23-31-24(35)38-33-23/h1-3,6-7,10,13,18,23,33H,4-5,8-9,11-12H2,(H,31,35). The number of ether oxygens (including phenoxy) is 1. The molecule has 38 heavy (non-hydrogen) atoms. The average Bonchev–Trinajstić information content (AvgIpc) is 3.51. The topological polar surface area (TPSA) is 102 Å². The van der Waals surface area contributed by atoms with Crippen molar-refractivity contribution in [3.8, 4) is 11.3 Å². The molecule has 6 rings (SSSR count). The van der Waals surface area contributed by atoms with E-state index in [1.807, 2.05) is 0 Å². The first-order chi connectivity index (χ1) is 18.3. The third-order valence-electron chi connectivity index (χ3n) is 6.89. The molecule has 0 radical (unpaired) electrons. The summed E-state index contributed by atoms with van der Waals surface area (Å²) in [5.74, 6) is -4.07. The molecule has 13 heteroatoms. The van der Waals surface area contributed by atoms with E-state index in [1.165, 1.54) is 17.2 Å². The van der Waals surface area contributed by atoms with Gasteiger partial charge in [0, 0.05) is 29.8 Å². The average molecular weight is 533 g/mol. The fraction of sp³-hybridized carbons (Fsp3) is 0.400. The smallest absolute Gasteiger partial charge is 0.367 e. The maximum Gasteiger partial charge on any atom is 0.427 e. The molecule has 4 heterocycles. The van der Waals surface area contributed by atoms with Crippen molar-refractivity contribution in [2.24, 2.45) is 0 Å². The lowest BCUT2D eigenvalue weighted by Crippen LogP contribution is -2.52. The van der Waals surface area contributed by atoms with Gasteiger partial charge in [-0.15, -0.1) is 5.48 Å². The summed E-state index contributed by atoms with van der Waals surface area (Å²) in [5.41, 5.74) is 2.97. The number of carbonyl (C=O) groups is 1. The Balaban J connectivity index is 1.15. The summed E-state index contributed by atoms with van der Waals surface area (Å²) in [6.07, 6.45) is 0.478. The van der Waals surface area contributed by atoms with Gasteiger partial charge in [-0.25, -0.2) is 27.3 Å². The van der Waals surface area contributed by atoms with Gasteiger partial charge in [-0.3, -0.25) is 5.32 Å². The number of amides is 1. The third kappa shape index (κ3) is 4.67. The van der Waals surface area contributed by atoms with Crippen LogP contribution in [0, 0.1) is 11.6 Å². The predicted molar refractivity (Wildman–Crippen MR) is 124 cm³/mol. The number of aromatic nitrogens is 2. The summed E-state index contributed by atoms with van der Waals surface area (Å²) in [6, 6.07) is 6.69. The van der Waals surface area contributed by atoms with Gasteiger partial charge in [0.15, 0.2) is 0 Å². The number of halogens is 4. The predicted octanol–water partition coefficient (Wildman–Crippen LogP) is 4.57. The van der Waals surface area contributed by atoms with Gasteiger partial charge in [0.05, 0.1) is 18.7 Å². The molecule has 2 unspecified atom stereocenters. The van der Waals surface area contributed by atoms with E-state index in [1.54, 1.807) is 12.1 Å². The maximum absolute atomic E-state index is 15.2. The Morgan fingerprint density at radius 2 is 1.92 bits per heavy atom. The van der Waals surface area contributed by atoms with E-state index in [0.29, 0.717) is 22.7 Å². The molecule has 3 fully saturated rings. The van der Waals surface area contributed by atoms with Crippen molar-refractivity contribution in [1.29, 1.82) is 0 Å². The molecule has 2 saturated heterocycles. The van der Waals surface area contributed by atoms with Gasteiger partial charge >= 0.3 is 6.09 Å². The first-order valence-corrected chi connectivity index (χ1v) is 12.2. The van der Waals surface area contributed by atoms with Crippen LogP contribution in [0.15, 0.2) is 41.1 Å². The van der Waals surface area contributed by atoms with E-state index >= 15 is 8.78 Å². The first-order valence-electron chi connectivity index (χ1n) is 12.2. The first kappa shape index (κ1) is 24.6. The van der Waals surface area contributed by atoms with Crippen LogP contribution in [0.1, 0.15) is 48.2 Å². The van der Waals surface area contributed by atoms with Crippen molar-refractivity contribution in [2.45, 2.75) is 50.0 Å². The van der Waals surface area contributed by atoms with Crippen molar-refractivity contribution in [2.75, 3.05) is 18.0 Å². The number of carbonyl (C=O) groups excluding carboxylic acids is 1. The molecule has 0 bridgehead atoms. The second-order valence-corrected chi connectivity index (χ2v) is 9.55. The highest BCUT2D eigenvalue weighted by Crippen LogP contribution is 2.45. The summed E-state index contributed by atoms with van der Waals surface area (Å²) in [6.45, 7) is -0.685. The Hall–Kier alpha value is -3.71. The van der Waals surface area contributed by atoms with Gasteiger partial charge in [0.2, 0.25) is 0 Å². The third-order valence-corrected chi connectivity index (χ3v) is 6.89. The van der Waals surface area contributed by atoms with Crippen molar-refractivity contribution in [3.63, 3.8) is 0 Å². The number of alkyl halides is 2. The van der Waals surface area contributed by atoms with Crippen LogP contribution in [-0.4, -0.2) is 41.3 Å². The fourth-order valence-electron chi connectivity index (χ4n) is 4.75. The molecule has 1 aliphatic carbocycles. The zero-order valence-corrected chi connectivity index (χ0v) is 19.9. The van der Waals surface area contributed by atoms with Crippen LogP contribution in [0.4, 0.5) is 28.2 Å². The highest BCUT2D eigenvalue weighted by atomic mass is 19.3. The van der Waals surface area contributed by atoms with Crippen LogP contribution in [0.2, 0.25) is 0 Å². The normalized spacial score (nSPS) is 22.8. The minimum absolute atomic E-state index is 0.00204. The van der Waals surface area contributed by atoms with Crippen LogP contribution < -0.4 is 15.7 Å². The van der Waals surface area contributed by atoms with Gasteiger partial charge in [-0.2, -0.15) is 0 Å². The number of nitrogens with one attached hydrogen (secondary N) is 2. The van der Waals surface area contributed by atoms with E-state index in [4.69, 9.17) is 9.26 Å². The van der Waals surface area contributed by atoms with E-state index in [0.717, 1.165) is 25.0 Å². The summed E-state index contributed by atoms with van der Waals surface area (Å²) >= 11 is 0. The lowest BCUT2D eigenvalue weighted by atomic mass is 10.0. The summed E-state index contributed by atoms with van der Waals surface area (Å²) in [5, 5.41) is 6.42. The number of piperidine rings is 1. The molecule has 2 N–H and O–H groups in total. The van der Waals surface area contributed by atoms with Gasteiger partial charge in [0.25, 0.3) is 5.92 Å². The highest BCUT2D eigenvalue weighted by molar-refractivity contribution is 5.69. The molecule has 1 saturated carbocycles. The molecular weight excluding hydrogens is 510 g/mol. The number of benzene rings is 1. The van der Waals surface area contributed by atoms with E-state index in [9.17, 15) is 13.6 Å². The van der Waals surface area contributed by atoms with Crippen LogP contribution in [0.3, 0.4) is 0 Å². The lowest BCUT2D eigenvalue weighted by molar-refractivity contribution is -0.148. The molecule has 1 amide bonds. The molecule has 2 aliphatic heterocycles. The quantitative estimate of drug-likeness (QED) is 0.426. The molecule has 2 aromatic heterocycles. The van der Waals surface area contributed by atoms with E-state index < -0.39 is 42.5 Å². The number of pyridine rings is 1. The fourth-order valence-corrected chi connectivity index (χ4v) is 4.75. The molecule has 200 valence electrons. The molecule has 3 aliphatic rings. The van der Waals surface area contributed by atoms with Crippen molar-refractivity contribution in [1.82, 2.24) is 20.9 Å². The zero-order valence-electron chi connectivity index (χ0n) is 19.9. The molecule has 0 spiro atoms. The lowest BCUT2D eigenvalue weighted by Gasteiger charge is -2.38. The van der Waals surface area contributed by atoms with Gasteiger partial charge in [-0.05, 0) is 37.5 Å². The second kappa shape index (κ2) is 9.55. The van der Waals surface area contributed by atoms with Crippen molar-refractivity contribution >= 4 is 11.9 Å².